The van der Waals surface area contributed by atoms with E-state index >= 15 is 0 Å². The molecule has 0 spiro atoms. The normalized spacial score (nSPS) is 14.4. The van der Waals surface area contributed by atoms with E-state index in [2.05, 4.69) is 25.8 Å². The van der Waals surface area contributed by atoms with Crippen LogP contribution < -0.4 is 4.74 Å². The van der Waals surface area contributed by atoms with E-state index in [-0.39, 0.29) is 0 Å². The summed E-state index contributed by atoms with van der Waals surface area (Å²) in [6, 6.07) is 8.21. The second kappa shape index (κ2) is 8.18. The summed E-state index contributed by atoms with van der Waals surface area (Å²) in [7, 11) is 2.07. The number of benzene rings is 1. The molecule has 1 N–H and O–H groups in total. The minimum absolute atomic E-state index is 0.444. The second-order valence-corrected chi connectivity index (χ2v) is 5.10. The molecular formula is C16H27NO2. The first kappa shape index (κ1) is 16.0. The van der Waals surface area contributed by atoms with Crippen LogP contribution in [0, 0.1) is 0 Å². The minimum atomic E-state index is -0.444. The van der Waals surface area contributed by atoms with E-state index in [4.69, 9.17) is 4.74 Å². The fourth-order valence-electron chi connectivity index (χ4n) is 2.15. The molecule has 1 aromatic rings. The van der Waals surface area contributed by atoms with Gasteiger partial charge in [0.25, 0.3) is 0 Å². The van der Waals surface area contributed by atoms with Gasteiger partial charge in [0, 0.05) is 12.6 Å². The molecule has 0 fully saturated rings. The van der Waals surface area contributed by atoms with Crippen molar-refractivity contribution >= 4 is 0 Å². The van der Waals surface area contributed by atoms with Gasteiger partial charge in [0.1, 0.15) is 5.75 Å². The Morgan fingerprint density at radius 2 is 1.84 bits per heavy atom. The predicted molar refractivity (Wildman–Crippen MR) is 79.6 cm³/mol. The molecule has 0 radical (unpaired) electrons. The standard InChI is InChI=1S/C16H27NO2/c1-5-7-13(3)17(4)12-16(18)14-8-10-15(11-9-14)19-6-2/h8-11,13,16,18H,5-7,12H2,1-4H3. The molecule has 1 aromatic carbocycles. The largest absolute Gasteiger partial charge is 0.494 e. The number of rotatable bonds is 8. The van der Waals surface area contributed by atoms with Crippen LogP contribution in [0.3, 0.4) is 0 Å². The number of hydrogen-bond donors (Lipinski definition) is 1. The summed E-state index contributed by atoms with van der Waals surface area (Å²) >= 11 is 0. The molecule has 0 saturated carbocycles. The van der Waals surface area contributed by atoms with Crippen LogP contribution in [0.1, 0.15) is 45.3 Å². The third kappa shape index (κ3) is 5.21. The highest BCUT2D eigenvalue weighted by atomic mass is 16.5. The lowest BCUT2D eigenvalue weighted by Gasteiger charge is -2.27. The molecule has 0 saturated heterocycles. The van der Waals surface area contributed by atoms with E-state index < -0.39 is 6.10 Å². The highest BCUT2D eigenvalue weighted by Gasteiger charge is 2.14. The number of aliphatic hydroxyl groups is 1. The maximum absolute atomic E-state index is 10.2. The first-order chi connectivity index (χ1) is 9.08. The maximum atomic E-state index is 10.2. The zero-order valence-electron chi connectivity index (χ0n) is 12.6. The van der Waals surface area contributed by atoms with Crippen LogP contribution in [0.25, 0.3) is 0 Å². The fourth-order valence-corrected chi connectivity index (χ4v) is 2.15. The Morgan fingerprint density at radius 3 is 2.37 bits per heavy atom. The van der Waals surface area contributed by atoms with Crippen LogP contribution in [0.5, 0.6) is 5.75 Å². The summed E-state index contributed by atoms with van der Waals surface area (Å²) in [5.41, 5.74) is 0.944. The summed E-state index contributed by atoms with van der Waals surface area (Å²) in [5, 5.41) is 10.2. The summed E-state index contributed by atoms with van der Waals surface area (Å²) < 4.78 is 5.40. The third-order valence-corrected chi connectivity index (χ3v) is 3.50. The molecule has 108 valence electrons. The summed E-state index contributed by atoms with van der Waals surface area (Å²) in [5.74, 6) is 0.853. The molecule has 19 heavy (non-hydrogen) atoms. The molecule has 0 aliphatic rings. The van der Waals surface area contributed by atoms with Crippen LogP contribution in [-0.2, 0) is 0 Å². The Labute approximate surface area is 117 Å². The molecule has 0 bridgehead atoms. The van der Waals surface area contributed by atoms with Gasteiger partial charge in [0.05, 0.1) is 12.7 Å². The third-order valence-electron chi connectivity index (χ3n) is 3.50. The van der Waals surface area contributed by atoms with Gasteiger partial charge < -0.3 is 14.7 Å². The molecule has 3 heteroatoms. The summed E-state index contributed by atoms with van der Waals surface area (Å²) in [6.07, 6.45) is 1.89. The van der Waals surface area contributed by atoms with Crippen molar-refractivity contribution in [2.24, 2.45) is 0 Å². The van der Waals surface area contributed by atoms with Crippen molar-refractivity contribution in [3.05, 3.63) is 29.8 Å². The van der Waals surface area contributed by atoms with Crippen LogP contribution >= 0.6 is 0 Å². The van der Waals surface area contributed by atoms with Crippen molar-refractivity contribution in [1.29, 1.82) is 0 Å². The van der Waals surface area contributed by atoms with E-state index in [0.29, 0.717) is 19.2 Å². The van der Waals surface area contributed by atoms with E-state index in [1.165, 1.54) is 6.42 Å². The van der Waals surface area contributed by atoms with Crippen molar-refractivity contribution in [3.63, 3.8) is 0 Å². The van der Waals surface area contributed by atoms with E-state index in [1.54, 1.807) is 0 Å². The lowest BCUT2D eigenvalue weighted by atomic mass is 10.1. The molecule has 0 aliphatic heterocycles. The van der Waals surface area contributed by atoms with Gasteiger partial charge in [-0.15, -0.1) is 0 Å². The summed E-state index contributed by atoms with van der Waals surface area (Å²) in [6.45, 7) is 7.68. The predicted octanol–water partition coefficient (Wildman–Crippen LogP) is 3.24. The van der Waals surface area contributed by atoms with Crippen LogP contribution in [0.4, 0.5) is 0 Å². The van der Waals surface area contributed by atoms with Gasteiger partial charge in [-0.3, -0.25) is 0 Å². The van der Waals surface area contributed by atoms with E-state index in [9.17, 15) is 5.11 Å². The zero-order valence-corrected chi connectivity index (χ0v) is 12.6. The molecule has 1 rings (SSSR count). The van der Waals surface area contributed by atoms with Gasteiger partial charge in [0.15, 0.2) is 0 Å². The molecular weight excluding hydrogens is 238 g/mol. The van der Waals surface area contributed by atoms with Gasteiger partial charge in [-0.2, -0.15) is 0 Å². The SMILES string of the molecule is CCCC(C)N(C)CC(O)c1ccc(OCC)cc1. The average molecular weight is 265 g/mol. The Kier molecular flexibility index (Phi) is 6.89. The van der Waals surface area contributed by atoms with Crippen molar-refractivity contribution in [3.8, 4) is 5.75 Å². The first-order valence-electron chi connectivity index (χ1n) is 7.19. The van der Waals surface area contributed by atoms with Crippen LogP contribution in [0.2, 0.25) is 0 Å². The second-order valence-electron chi connectivity index (χ2n) is 5.10. The molecule has 0 amide bonds. The number of hydrogen-bond acceptors (Lipinski definition) is 3. The van der Waals surface area contributed by atoms with Crippen molar-refractivity contribution in [2.45, 2.75) is 45.8 Å². The highest BCUT2D eigenvalue weighted by Crippen LogP contribution is 2.19. The van der Waals surface area contributed by atoms with Gasteiger partial charge in [-0.25, -0.2) is 0 Å². The van der Waals surface area contributed by atoms with Crippen molar-refractivity contribution in [1.82, 2.24) is 4.90 Å². The topological polar surface area (TPSA) is 32.7 Å². The molecule has 0 aliphatic carbocycles. The van der Waals surface area contributed by atoms with Gasteiger partial charge in [-0.1, -0.05) is 25.5 Å². The number of likely N-dealkylation sites (N-methyl/N-ethyl adjacent to an activating group) is 1. The monoisotopic (exact) mass is 265 g/mol. The van der Waals surface area contributed by atoms with Crippen LogP contribution in [-0.4, -0.2) is 36.2 Å². The number of ether oxygens (including phenoxy) is 1. The van der Waals surface area contributed by atoms with E-state index in [1.807, 2.05) is 31.2 Å². The highest BCUT2D eigenvalue weighted by molar-refractivity contribution is 5.28. The first-order valence-corrected chi connectivity index (χ1v) is 7.19. The maximum Gasteiger partial charge on any atom is 0.119 e. The minimum Gasteiger partial charge on any atom is -0.494 e. The fraction of sp³-hybridized carbons (Fsp3) is 0.625. The Hall–Kier alpha value is -1.06. The van der Waals surface area contributed by atoms with Gasteiger partial charge in [0.2, 0.25) is 0 Å². The average Bonchev–Trinajstić information content (AvgIpc) is 2.40. The molecule has 0 heterocycles. The summed E-state index contributed by atoms with van der Waals surface area (Å²) in [4.78, 5) is 2.21. The van der Waals surface area contributed by atoms with Gasteiger partial charge >= 0.3 is 0 Å². The van der Waals surface area contributed by atoms with Gasteiger partial charge in [-0.05, 0) is 45.0 Å². The number of nitrogens with zero attached hydrogens (tertiary/aromatic N) is 1. The van der Waals surface area contributed by atoms with Crippen molar-refractivity contribution < 1.29 is 9.84 Å². The lowest BCUT2D eigenvalue weighted by molar-refractivity contribution is 0.106. The molecule has 3 nitrogen and oxygen atoms in total. The lowest BCUT2D eigenvalue weighted by Crippen LogP contribution is -2.32. The van der Waals surface area contributed by atoms with Crippen LogP contribution in [0.15, 0.2) is 24.3 Å². The molecule has 2 unspecified atom stereocenters. The number of aliphatic hydroxyl groups excluding tert-OH is 1. The Morgan fingerprint density at radius 1 is 1.21 bits per heavy atom. The zero-order chi connectivity index (χ0) is 14.3. The Balaban J connectivity index is 2.54. The quantitative estimate of drug-likeness (QED) is 0.783. The molecule has 2 atom stereocenters. The van der Waals surface area contributed by atoms with E-state index in [0.717, 1.165) is 17.7 Å². The van der Waals surface area contributed by atoms with Crippen molar-refractivity contribution in [2.75, 3.05) is 20.2 Å². The molecule has 0 aromatic heterocycles. The smallest absolute Gasteiger partial charge is 0.119 e. The Bertz CT molecular complexity index is 350.